The van der Waals surface area contributed by atoms with Gasteiger partial charge in [0.15, 0.2) is 11.5 Å². The van der Waals surface area contributed by atoms with E-state index in [0.29, 0.717) is 23.2 Å². The number of allylic oxidation sites excluding steroid dienone is 7. The van der Waals surface area contributed by atoms with Crippen LogP contribution in [0.3, 0.4) is 0 Å². The van der Waals surface area contributed by atoms with Crippen LogP contribution in [-0.4, -0.2) is 24.5 Å². The molecule has 3 saturated carbocycles. The molecule has 0 bridgehead atoms. The Kier molecular flexibility index (Phi) is 2.53. The molecule has 5 heteroatoms. The summed E-state index contributed by atoms with van der Waals surface area (Å²) in [5, 5.41) is 0. The van der Waals surface area contributed by atoms with Crippen molar-refractivity contribution in [3.05, 3.63) is 47.2 Å². The summed E-state index contributed by atoms with van der Waals surface area (Å²) in [7, 11) is 1.39. The predicted molar refractivity (Wildman–Crippen MR) is 82.2 cm³/mol. The van der Waals surface area contributed by atoms with Gasteiger partial charge >= 0.3 is 0 Å². The molecule has 1 heterocycles. The summed E-state index contributed by atoms with van der Waals surface area (Å²) in [5.74, 6) is 1.37. The van der Waals surface area contributed by atoms with Gasteiger partial charge in [-0.2, -0.15) is 0 Å². The van der Waals surface area contributed by atoms with Gasteiger partial charge in [0.25, 0.3) is 5.78 Å². The van der Waals surface area contributed by atoms with E-state index in [0.717, 1.165) is 18.8 Å². The predicted octanol–water partition coefficient (Wildman–Crippen LogP) is 2.01. The molecular weight excluding hydrogens is 308 g/mol. The van der Waals surface area contributed by atoms with E-state index in [1.54, 1.807) is 0 Å². The maximum atomic E-state index is 12.3. The summed E-state index contributed by atoms with van der Waals surface area (Å²) >= 11 is 0. The minimum Gasteiger partial charge on any atom is -0.493 e. The molecule has 0 aromatic rings. The Morgan fingerprint density at radius 3 is 2.62 bits per heavy atom. The van der Waals surface area contributed by atoms with Crippen LogP contribution in [0, 0.1) is 23.2 Å². The Bertz CT molecular complexity index is 828. The maximum absolute atomic E-state index is 12.3. The third kappa shape index (κ3) is 1.57. The zero-order chi connectivity index (χ0) is 16.6. The molecule has 2 unspecified atom stereocenters. The molecule has 0 aromatic heterocycles. The lowest BCUT2D eigenvalue weighted by Gasteiger charge is -2.35. The minimum atomic E-state index is -0.669. The van der Waals surface area contributed by atoms with E-state index in [2.05, 4.69) is 0 Å². The first-order valence-electron chi connectivity index (χ1n) is 8.29. The monoisotopic (exact) mass is 324 g/mol. The van der Waals surface area contributed by atoms with Gasteiger partial charge in [-0.25, -0.2) is 0 Å². The number of hydrogen-bond acceptors (Lipinski definition) is 5. The molecule has 2 atom stereocenters. The zero-order valence-corrected chi connectivity index (χ0v) is 13.2. The van der Waals surface area contributed by atoms with Gasteiger partial charge in [0, 0.05) is 17.1 Å². The molecule has 3 fully saturated rings. The highest BCUT2D eigenvalue weighted by Gasteiger charge is 2.86. The Morgan fingerprint density at radius 2 is 1.92 bits per heavy atom. The molecule has 0 saturated heterocycles. The third-order valence-corrected chi connectivity index (χ3v) is 6.17. The molecule has 0 spiro atoms. The Hall–Kier alpha value is -2.43. The summed E-state index contributed by atoms with van der Waals surface area (Å²) in [6, 6.07) is 0. The second kappa shape index (κ2) is 4.35. The highest BCUT2D eigenvalue weighted by Crippen LogP contribution is 2.89. The first kappa shape index (κ1) is 14.0. The van der Waals surface area contributed by atoms with Crippen LogP contribution >= 0.6 is 0 Å². The minimum absolute atomic E-state index is 0.00686. The van der Waals surface area contributed by atoms with Crippen LogP contribution in [0.2, 0.25) is 0 Å². The van der Waals surface area contributed by atoms with E-state index in [1.807, 2.05) is 0 Å². The molecule has 0 radical (unpaired) electrons. The second-order valence-corrected chi connectivity index (χ2v) is 7.15. The molecule has 122 valence electrons. The largest absolute Gasteiger partial charge is 0.493 e. The van der Waals surface area contributed by atoms with Crippen LogP contribution < -0.4 is 0 Å². The highest BCUT2D eigenvalue weighted by molar-refractivity contribution is 6.47. The average Bonchev–Trinajstić information content (AvgIpc) is 3.50. The molecule has 0 N–H and O–H groups in total. The van der Waals surface area contributed by atoms with Crippen molar-refractivity contribution in [1.29, 1.82) is 0 Å². The standard InChI is InChI=1S/C19H16O5/c1-23-13-7-9(4-5-11(13)20)18-17(22)12(21)8-14(24-18)19-6-2-3-10-15(19)16(10)19/h4-5,7-8,10,15-16H,2-3,6H2,1H3/b18-9-. The van der Waals surface area contributed by atoms with Crippen molar-refractivity contribution >= 4 is 17.3 Å². The van der Waals surface area contributed by atoms with Crippen LogP contribution in [0.5, 0.6) is 0 Å². The molecule has 5 nitrogen and oxygen atoms in total. The van der Waals surface area contributed by atoms with Crippen molar-refractivity contribution < 1.29 is 23.9 Å². The normalized spacial score (nSPS) is 42.0. The van der Waals surface area contributed by atoms with Crippen molar-refractivity contribution in [1.82, 2.24) is 0 Å². The lowest BCUT2D eigenvalue weighted by molar-refractivity contribution is -0.134. The fraction of sp³-hybridized carbons (Fsp3) is 0.421. The second-order valence-electron chi connectivity index (χ2n) is 7.15. The molecule has 0 aromatic carbocycles. The quantitative estimate of drug-likeness (QED) is 0.574. The van der Waals surface area contributed by atoms with E-state index in [1.165, 1.54) is 37.8 Å². The smallest absolute Gasteiger partial charge is 0.268 e. The molecule has 24 heavy (non-hydrogen) atoms. The van der Waals surface area contributed by atoms with Crippen molar-refractivity contribution in [3.63, 3.8) is 0 Å². The highest BCUT2D eigenvalue weighted by atomic mass is 16.5. The molecule has 5 aliphatic rings. The molecule has 4 aliphatic carbocycles. The Morgan fingerprint density at radius 1 is 1.12 bits per heavy atom. The van der Waals surface area contributed by atoms with Gasteiger partial charge in [0.1, 0.15) is 5.76 Å². The van der Waals surface area contributed by atoms with Crippen LogP contribution in [0.25, 0.3) is 0 Å². The van der Waals surface area contributed by atoms with E-state index in [-0.39, 0.29) is 22.7 Å². The van der Waals surface area contributed by atoms with Gasteiger partial charge < -0.3 is 9.47 Å². The van der Waals surface area contributed by atoms with Gasteiger partial charge in [-0.05, 0) is 48.8 Å². The van der Waals surface area contributed by atoms with Crippen LogP contribution in [-0.2, 0) is 23.9 Å². The van der Waals surface area contributed by atoms with Crippen LogP contribution in [0.15, 0.2) is 47.2 Å². The summed E-state index contributed by atoms with van der Waals surface area (Å²) < 4.78 is 11.0. The van der Waals surface area contributed by atoms with Gasteiger partial charge in [0.05, 0.1) is 7.11 Å². The number of methoxy groups -OCH3 is 1. The lowest BCUT2D eigenvalue weighted by atomic mass is 9.74. The van der Waals surface area contributed by atoms with E-state index in [9.17, 15) is 14.4 Å². The van der Waals surface area contributed by atoms with Gasteiger partial charge in [-0.1, -0.05) is 6.42 Å². The van der Waals surface area contributed by atoms with Crippen LogP contribution in [0.4, 0.5) is 0 Å². The topological polar surface area (TPSA) is 69.7 Å². The number of ketones is 3. The van der Waals surface area contributed by atoms with Crippen molar-refractivity contribution in [3.8, 4) is 0 Å². The molecule has 5 rings (SSSR count). The Labute approximate surface area is 138 Å². The molecular formula is C19H16O5. The summed E-state index contributed by atoms with van der Waals surface area (Å²) in [6.07, 6.45) is 9.13. The summed E-state index contributed by atoms with van der Waals surface area (Å²) in [4.78, 5) is 36.2. The SMILES string of the molecule is COC1=C/C(=C2\OC(C34CCCC5C3C54)=CC(=O)C2=O)C=CC1=O. The molecule has 0 amide bonds. The maximum Gasteiger partial charge on any atom is 0.268 e. The zero-order valence-electron chi connectivity index (χ0n) is 13.2. The fourth-order valence-electron chi connectivity index (χ4n) is 5.00. The number of fused-ring (bicyclic) bond motifs is 2. The number of carbonyl (C=O) groups is 3. The van der Waals surface area contributed by atoms with Crippen molar-refractivity contribution in [2.75, 3.05) is 7.11 Å². The lowest BCUT2D eigenvalue weighted by Crippen LogP contribution is -2.32. The first-order valence-corrected chi connectivity index (χ1v) is 8.29. The van der Waals surface area contributed by atoms with Gasteiger partial charge in [0.2, 0.25) is 11.6 Å². The van der Waals surface area contributed by atoms with Crippen molar-refractivity contribution in [2.24, 2.45) is 23.2 Å². The number of rotatable bonds is 2. The van der Waals surface area contributed by atoms with E-state index in [4.69, 9.17) is 9.47 Å². The number of hydrogen-bond donors (Lipinski definition) is 0. The van der Waals surface area contributed by atoms with Crippen molar-refractivity contribution in [2.45, 2.75) is 19.3 Å². The molecule has 1 aliphatic heterocycles. The fourth-order valence-corrected chi connectivity index (χ4v) is 5.00. The number of Topliss-reactive ketones (excluding diaryl/α,β-unsaturated/α-hetero) is 1. The number of carbonyl (C=O) groups excluding carboxylic acids is 3. The average molecular weight is 324 g/mol. The van der Waals surface area contributed by atoms with E-state index >= 15 is 0 Å². The van der Waals surface area contributed by atoms with Gasteiger partial charge in [-0.3, -0.25) is 14.4 Å². The van der Waals surface area contributed by atoms with Crippen LogP contribution in [0.1, 0.15) is 19.3 Å². The summed E-state index contributed by atoms with van der Waals surface area (Å²) in [6.45, 7) is 0. The third-order valence-electron chi connectivity index (χ3n) is 6.17. The summed E-state index contributed by atoms with van der Waals surface area (Å²) in [5.41, 5.74) is 0.404. The number of ether oxygens (including phenoxy) is 2. The Balaban J connectivity index is 1.53. The van der Waals surface area contributed by atoms with Gasteiger partial charge in [-0.15, -0.1) is 0 Å². The van der Waals surface area contributed by atoms with E-state index < -0.39 is 11.6 Å². The first-order chi connectivity index (χ1) is 11.6.